The highest BCUT2D eigenvalue weighted by Gasteiger charge is 2.26. The van der Waals surface area contributed by atoms with Gasteiger partial charge in [-0.3, -0.25) is 4.68 Å². The van der Waals surface area contributed by atoms with Crippen LogP contribution in [0.1, 0.15) is 26.0 Å². The van der Waals surface area contributed by atoms with E-state index in [1.54, 1.807) is 0 Å². The number of hydrogen-bond donors (Lipinski definition) is 0. The highest BCUT2D eigenvalue weighted by Crippen LogP contribution is 2.31. The van der Waals surface area contributed by atoms with Crippen LogP contribution >= 0.6 is 22.6 Å². The number of nitrogens with zero attached hydrogens (tertiary/aromatic N) is 2. The van der Waals surface area contributed by atoms with Gasteiger partial charge in [0.2, 0.25) is 0 Å². The summed E-state index contributed by atoms with van der Waals surface area (Å²) in [4.78, 5) is 0. The van der Waals surface area contributed by atoms with E-state index in [0.29, 0.717) is 5.41 Å². The minimum Gasteiger partial charge on any atom is -0.268 e. The summed E-state index contributed by atoms with van der Waals surface area (Å²) in [7, 11) is 0. The average molecular weight is 276 g/mol. The normalized spacial score (nSPS) is 20.6. The van der Waals surface area contributed by atoms with Crippen molar-refractivity contribution in [2.45, 2.75) is 33.2 Å². The van der Waals surface area contributed by atoms with E-state index < -0.39 is 0 Å². The van der Waals surface area contributed by atoms with Gasteiger partial charge in [-0.05, 0) is 40.8 Å². The van der Waals surface area contributed by atoms with Gasteiger partial charge in [0.05, 0.1) is 15.5 Å². The molecule has 2 nitrogen and oxygen atoms in total. The van der Waals surface area contributed by atoms with Crippen LogP contribution in [-0.2, 0) is 13.0 Å². The summed E-state index contributed by atoms with van der Waals surface area (Å²) in [6.07, 6.45) is 4.44. The molecule has 1 aliphatic heterocycles. The monoisotopic (exact) mass is 276 g/mol. The SMILES string of the molecule is CC1(C)CCc2c(I)cnn2C1. The summed E-state index contributed by atoms with van der Waals surface area (Å²) in [6.45, 7) is 5.69. The maximum atomic E-state index is 4.36. The van der Waals surface area contributed by atoms with Crippen molar-refractivity contribution in [2.75, 3.05) is 0 Å². The molecule has 2 heterocycles. The Balaban J connectivity index is 2.37. The fourth-order valence-corrected chi connectivity index (χ4v) is 2.39. The second-order valence-electron chi connectivity index (χ2n) is 4.26. The molecule has 2 rings (SSSR count). The van der Waals surface area contributed by atoms with Crippen molar-refractivity contribution in [2.24, 2.45) is 5.41 Å². The van der Waals surface area contributed by atoms with E-state index in [4.69, 9.17) is 0 Å². The summed E-state index contributed by atoms with van der Waals surface area (Å²) in [5.74, 6) is 0. The third kappa shape index (κ3) is 1.39. The van der Waals surface area contributed by atoms with E-state index in [-0.39, 0.29) is 0 Å². The van der Waals surface area contributed by atoms with Crippen LogP contribution in [0.5, 0.6) is 0 Å². The van der Waals surface area contributed by atoms with Crippen LogP contribution in [0.2, 0.25) is 0 Å². The summed E-state index contributed by atoms with van der Waals surface area (Å²) in [6, 6.07) is 0. The largest absolute Gasteiger partial charge is 0.268 e. The van der Waals surface area contributed by atoms with Crippen LogP contribution in [0, 0.1) is 8.99 Å². The molecule has 0 radical (unpaired) electrons. The van der Waals surface area contributed by atoms with Crippen molar-refractivity contribution < 1.29 is 0 Å². The summed E-state index contributed by atoms with van der Waals surface area (Å²) < 4.78 is 3.48. The zero-order valence-electron chi connectivity index (χ0n) is 7.47. The minimum atomic E-state index is 0.433. The zero-order valence-corrected chi connectivity index (χ0v) is 9.63. The van der Waals surface area contributed by atoms with Crippen LogP contribution in [0.4, 0.5) is 0 Å². The molecule has 0 fully saturated rings. The molecule has 0 spiro atoms. The van der Waals surface area contributed by atoms with Crippen molar-refractivity contribution in [3.63, 3.8) is 0 Å². The molecular formula is C9H13IN2. The van der Waals surface area contributed by atoms with Crippen molar-refractivity contribution in [3.8, 4) is 0 Å². The number of hydrogen-bond acceptors (Lipinski definition) is 1. The fourth-order valence-electron chi connectivity index (χ4n) is 1.71. The van der Waals surface area contributed by atoms with Crippen molar-refractivity contribution >= 4 is 22.6 Å². The quantitative estimate of drug-likeness (QED) is 0.665. The Hall–Kier alpha value is -0.0600. The van der Waals surface area contributed by atoms with E-state index in [9.17, 15) is 0 Å². The van der Waals surface area contributed by atoms with Crippen LogP contribution in [-0.4, -0.2) is 9.78 Å². The Bertz CT molecular complexity index is 301. The summed E-state index contributed by atoms with van der Waals surface area (Å²) in [5.41, 5.74) is 1.86. The average Bonchev–Trinajstić information content (AvgIpc) is 2.30. The van der Waals surface area contributed by atoms with Gasteiger partial charge >= 0.3 is 0 Å². The Morgan fingerprint density at radius 3 is 3.08 bits per heavy atom. The van der Waals surface area contributed by atoms with Crippen molar-refractivity contribution in [1.82, 2.24) is 9.78 Å². The second kappa shape index (κ2) is 2.72. The van der Waals surface area contributed by atoms with Crippen LogP contribution in [0.3, 0.4) is 0 Å². The molecule has 1 aromatic heterocycles. The fraction of sp³-hybridized carbons (Fsp3) is 0.667. The molecular weight excluding hydrogens is 263 g/mol. The van der Waals surface area contributed by atoms with Crippen molar-refractivity contribution in [1.29, 1.82) is 0 Å². The molecule has 1 aliphatic rings. The highest BCUT2D eigenvalue weighted by atomic mass is 127. The molecule has 0 saturated heterocycles. The summed E-state index contributed by atoms with van der Waals surface area (Å²) >= 11 is 2.37. The van der Waals surface area contributed by atoms with Gasteiger partial charge in [0, 0.05) is 6.54 Å². The van der Waals surface area contributed by atoms with Gasteiger partial charge in [0.1, 0.15) is 0 Å². The molecule has 0 saturated carbocycles. The van der Waals surface area contributed by atoms with E-state index >= 15 is 0 Å². The molecule has 0 bridgehead atoms. The third-order valence-corrected chi connectivity index (χ3v) is 3.42. The molecule has 0 amide bonds. The lowest BCUT2D eigenvalue weighted by molar-refractivity contribution is 0.234. The lowest BCUT2D eigenvalue weighted by Crippen LogP contribution is -2.27. The van der Waals surface area contributed by atoms with Gasteiger partial charge in [-0.15, -0.1) is 0 Å². The van der Waals surface area contributed by atoms with Crippen molar-refractivity contribution in [3.05, 3.63) is 15.5 Å². The predicted octanol–water partition coefficient (Wildman–Crippen LogP) is 2.46. The third-order valence-electron chi connectivity index (χ3n) is 2.51. The number of rotatable bonds is 0. The molecule has 0 N–H and O–H groups in total. The first kappa shape index (κ1) is 8.53. The first-order valence-corrected chi connectivity index (χ1v) is 5.37. The van der Waals surface area contributed by atoms with Gasteiger partial charge in [0.25, 0.3) is 0 Å². The molecule has 66 valence electrons. The van der Waals surface area contributed by atoms with E-state index in [1.165, 1.54) is 22.1 Å². The number of aromatic nitrogens is 2. The topological polar surface area (TPSA) is 17.8 Å². The smallest absolute Gasteiger partial charge is 0.0626 e. The standard InChI is InChI=1S/C9H13IN2/c1-9(2)4-3-8-7(10)5-11-12(8)6-9/h5H,3-4,6H2,1-2H3. The number of halogens is 1. The highest BCUT2D eigenvalue weighted by molar-refractivity contribution is 14.1. The molecule has 0 atom stereocenters. The second-order valence-corrected chi connectivity index (χ2v) is 5.42. The van der Waals surface area contributed by atoms with Crippen LogP contribution in [0.25, 0.3) is 0 Å². The van der Waals surface area contributed by atoms with Gasteiger partial charge < -0.3 is 0 Å². The minimum absolute atomic E-state index is 0.433. The molecule has 0 aromatic carbocycles. The molecule has 12 heavy (non-hydrogen) atoms. The molecule has 0 unspecified atom stereocenters. The van der Waals surface area contributed by atoms with E-state index in [0.717, 1.165) is 6.54 Å². The first-order valence-electron chi connectivity index (χ1n) is 4.29. The maximum Gasteiger partial charge on any atom is 0.0626 e. The van der Waals surface area contributed by atoms with E-state index in [2.05, 4.69) is 46.2 Å². The van der Waals surface area contributed by atoms with Gasteiger partial charge in [-0.25, -0.2) is 0 Å². The summed E-state index contributed by atoms with van der Waals surface area (Å²) in [5, 5.41) is 4.36. The Kier molecular flexibility index (Phi) is 1.93. The first-order chi connectivity index (χ1) is 5.58. The molecule has 3 heteroatoms. The molecule has 1 aromatic rings. The zero-order chi connectivity index (χ0) is 8.77. The van der Waals surface area contributed by atoms with Crippen LogP contribution < -0.4 is 0 Å². The Labute approximate surface area is 86.5 Å². The Morgan fingerprint density at radius 2 is 2.33 bits per heavy atom. The lowest BCUT2D eigenvalue weighted by atomic mass is 9.85. The maximum absolute atomic E-state index is 4.36. The van der Waals surface area contributed by atoms with E-state index in [1.807, 2.05) is 6.20 Å². The number of fused-ring (bicyclic) bond motifs is 1. The predicted molar refractivity (Wildman–Crippen MR) is 57.0 cm³/mol. The molecule has 0 aliphatic carbocycles. The van der Waals surface area contributed by atoms with Gasteiger partial charge in [-0.2, -0.15) is 5.10 Å². The van der Waals surface area contributed by atoms with Crippen LogP contribution in [0.15, 0.2) is 6.20 Å². The van der Waals surface area contributed by atoms with Gasteiger partial charge in [0.15, 0.2) is 0 Å². The lowest BCUT2D eigenvalue weighted by Gasteiger charge is -2.30. The van der Waals surface area contributed by atoms with Gasteiger partial charge in [-0.1, -0.05) is 13.8 Å². The Morgan fingerprint density at radius 1 is 1.58 bits per heavy atom.